The van der Waals surface area contributed by atoms with Crippen LogP contribution in [0.25, 0.3) is 22.6 Å². The molecule has 6 heteroatoms. The highest BCUT2D eigenvalue weighted by molar-refractivity contribution is 5.89. The maximum Gasteiger partial charge on any atom is 0.335 e. The van der Waals surface area contributed by atoms with Gasteiger partial charge in [-0.1, -0.05) is 54.6 Å². The number of nitrogens with two attached hydrogens (primary N) is 1. The van der Waals surface area contributed by atoms with Crippen LogP contribution in [0.1, 0.15) is 21.5 Å². The molecule has 0 atom stereocenters. The average Bonchev–Trinajstić information content (AvgIpc) is 2.78. The number of aryl methyl sites for hydroxylation is 1. The Morgan fingerprint density at radius 3 is 2.35 bits per heavy atom. The second kappa shape index (κ2) is 8.67. The van der Waals surface area contributed by atoms with Gasteiger partial charge in [-0.15, -0.1) is 0 Å². The number of aromatic nitrogens is 2. The molecule has 0 bridgehead atoms. The van der Waals surface area contributed by atoms with Gasteiger partial charge in [0, 0.05) is 22.9 Å². The largest absolute Gasteiger partial charge is 0.478 e. The molecule has 0 spiro atoms. The molecule has 6 nitrogen and oxygen atoms in total. The number of carboxylic acids is 1. The van der Waals surface area contributed by atoms with Crippen molar-refractivity contribution in [1.82, 2.24) is 9.97 Å². The van der Waals surface area contributed by atoms with Gasteiger partial charge in [0.1, 0.15) is 6.61 Å². The second-order valence-corrected chi connectivity index (χ2v) is 7.15. The van der Waals surface area contributed by atoms with Crippen molar-refractivity contribution in [2.24, 2.45) is 0 Å². The smallest absolute Gasteiger partial charge is 0.335 e. The number of carboxylic acid groups (broad SMARTS) is 1. The van der Waals surface area contributed by atoms with Crippen LogP contribution in [0.15, 0.2) is 78.9 Å². The van der Waals surface area contributed by atoms with E-state index in [1.165, 1.54) is 0 Å². The Morgan fingerprint density at radius 2 is 1.68 bits per heavy atom. The van der Waals surface area contributed by atoms with Crippen LogP contribution in [0.4, 0.5) is 5.69 Å². The van der Waals surface area contributed by atoms with Gasteiger partial charge in [0.2, 0.25) is 5.88 Å². The first-order valence-electron chi connectivity index (χ1n) is 9.75. The Balaban J connectivity index is 1.66. The number of carbonyl (C=O) groups is 1. The predicted molar refractivity (Wildman–Crippen MR) is 120 cm³/mol. The number of anilines is 1. The van der Waals surface area contributed by atoms with Crippen LogP contribution in [0.5, 0.6) is 5.88 Å². The Kier molecular flexibility index (Phi) is 5.62. The maximum absolute atomic E-state index is 11.2. The lowest BCUT2D eigenvalue weighted by atomic mass is 10.1. The van der Waals surface area contributed by atoms with E-state index in [0.29, 0.717) is 23.0 Å². The van der Waals surface area contributed by atoms with Gasteiger partial charge >= 0.3 is 5.97 Å². The van der Waals surface area contributed by atoms with E-state index >= 15 is 0 Å². The van der Waals surface area contributed by atoms with Crippen LogP contribution in [0.3, 0.4) is 0 Å². The first kappa shape index (κ1) is 20.1. The molecule has 3 aromatic carbocycles. The molecule has 0 fully saturated rings. The summed E-state index contributed by atoms with van der Waals surface area (Å²) < 4.78 is 5.97. The molecular formula is C25H21N3O3. The number of hydrogen-bond acceptors (Lipinski definition) is 5. The minimum Gasteiger partial charge on any atom is -0.478 e. The van der Waals surface area contributed by atoms with Crippen LogP contribution in [-0.4, -0.2) is 21.0 Å². The lowest BCUT2D eigenvalue weighted by Crippen LogP contribution is -2.03. The van der Waals surface area contributed by atoms with E-state index in [0.717, 1.165) is 22.4 Å². The molecule has 0 aliphatic heterocycles. The molecule has 31 heavy (non-hydrogen) atoms. The standard InChI is InChI=1S/C25H21N3O3/c1-16-13-17(7-12-21(16)25(29)30)15-31-23-14-22(18-8-10-20(26)11-9-18)27-24(28-23)19-5-3-2-4-6-19/h2-14H,15,26H2,1H3,(H,29,30). The van der Waals surface area contributed by atoms with Gasteiger partial charge < -0.3 is 15.6 Å². The summed E-state index contributed by atoms with van der Waals surface area (Å²) in [5.41, 5.74) is 10.8. The summed E-state index contributed by atoms with van der Waals surface area (Å²) in [4.78, 5) is 20.5. The van der Waals surface area contributed by atoms with Gasteiger partial charge in [-0.3, -0.25) is 0 Å². The zero-order valence-electron chi connectivity index (χ0n) is 16.9. The highest BCUT2D eigenvalue weighted by atomic mass is 16.5. The minimum absolute atomic E-state index is 0.257. The Morgan fingerprint density at radius 1 is 0.935 bits per heavy atom. The van der Waals surface area contributed by atoms with Gasteiger partial charge in [-0.2, -0.15) is 4.98 Å². The van der Waals surface area contributed by atoms with Crippen molar-refractivity contribution in [2.45, 2.75) is 13.5 Å². The van der Waals surface area contributed by atoms with Gasteiger partial charge in [0.25, 0.3) is 0 Å². The van der Waals surface area contributed by atoms with Crippen LogP contribution in [0.2, 0.25) is 0 Å². The van der Waals surface area contributed by atoms with Crippen LogP contribution < -0.4 is 10.5 Å². The van der Waals surface area contributed by atoms with Gasteiger partial charge in [-0.25, -0.2) is 9.78 Å². The molecule has 0 amide bonds. The number of ether oxygens (including phenoxy) is 1. The fourth-order valence-electron chi connectivity index (χ4n) is 3.23. The lowest BCUT2D eigenvalue weighted by Gasteiger charge is -2.11. The van der Waals surface area contributed by atoms with Crippen LogP contribution in [-0.2, 0) is 6.61 Å². The number of nitrogen functional groups attached to an aromatic ring is 1. The molecule has 154 valence electrons. The zero-order valence-corrected chi connectivity index (χ0v) is 16.9. The lowest BCUT2D eigenvalue weighted by molar-refractivity contribution is 0.0696. The molecule has 4 rings (SSSR count). The normalized spacial score (nSPS) is 10.6. The maximum atomic E-state index is 11.2. The van der Waals surface area contributed by atoms with E-state index in [9.17, 15) is 9.90 Å². The second-order valence-electron chi connectivity index (χ2n) is 7.15. The van der Waals surface area contributed by atoms with Gasteiger partial charge in [0.05, 0.1) is 11.3 Å². The highest BCUT2D eigenvalue weighted by Crippen LogP contribution is 2.26. The highest BCUT2D eigenvalue weighted by Gasteiger charge is 2.11. The third-order valence-electron chi connectivity index (χ3n) is 4.85. The van der Waals surface area contributed by atoms with Crippen LogP contribution >= 0.6 is 0 Å². The molecule has 1 aromatic heterocycles. The number of rotatable bonds is 6. The Hall–Kier alpha value is -4.19. The fourth-order valence-corrected chi connectivity index (χ4v) is 3.23. The monoisotopic (exact) mass is 411 g/mol. The number of hydrogen-bond donors (Lipinski definition) is 2. The topological polar surface area (TPSA) is 98.3 Å². The van der Waals surface area contributed by atoms with E-state index < -0.39 is 5.97 Å². The van der Waals surface area contributed by atoms with Crippen molar-refractivity contribution in [3.63, 3.8) is 0 Å². The molecule has 0 aliphatic rings. The molecule has 0 aliphatic carbocycles. The van der Waals surface area contributed by atoms with Gasteiger partial charge in [-0.05, 0) is 36.2 Å². The minimum atomic E-state index is -0.943. The zero-order chi connectivity index (χ0) is 21.8. The third-order valence-corrected chi connectivity index (χ3v) is 4.85. The summed E-state index contributed by atoms with van der Waals surface area (Å²) in [6.07, 6.45) is 0. The van der Waals surface area contributed by atoms with E-state index in [1.807, 2.05) is 60.7 Å². The van der Waals surface area contributed by atoms with Crippen molar-refractivity contribution < 1.29 is 14.6 Å². The molecule has 4 aromatic rings. The molecule has 0 saturated heterocycles. The van der Waals surface area contributed by atoms with Crippen molar-refractivity contribution in [1.29, 1.82) is 0 Å². The molecule has 3 N–H and O–H groups in total. The summed E-state index contributed by atoms with van der Waals surface area (Å²) in [6, 6.07) is 24.1. The van der Waals surface area contributed by atoms with Crippen molar-refractivity contribution in [3.8, 4) is 28.5 Å². The first-order chi connectivity index (χ1) is 15.0. The number of benzene rings is 3. The van der Waals surface area contributed by atoms with E-state index in [4.69, 9.17) is 15.5 Å². The molecular weight excluding hydrogens is 390 g/mol. The molecule has 0 unspecified atom stereocenters. The Bertz CT molecular complexity index is 1220. The molecule has 0 radical (unpaired) electrons. The van der Waals surface area contributed by atoms with Gasteiger partial charge in [0.15, 0.2) is 5.82 Å². The SMILES string of the molecule is Cc1cc(COc2cc(-c3ccc(N)cc3)nc(-c3ccccc3)n2)ccc1C(=O)O. The summed E-state index contributed by atoms with van der Waals surface area (Å²) in [5, 5.41) is 9.20. The summed E-state index contributed by atoms with van der Waals surface area (Å²) in [6.45, 7) is 2.03. The third kappa shape index (κ3) is 4.70. The van der Waals surface area contributed by atoms with Crippen LogP contribution in [0, 0.1) is 6.92 Å². The molecule has 1 heterocycles. The Labute approximate surface area is 180 Å². The number of nitrogens with zero attached hydrogens (tertiary/aromatic N) is 2. The summed E-state index contributed by atoms with van der Waals surface area (Å²) >= 11 is 0. The van der Waals surface area contributed by atoms with Crippen molar-refractivity contribution >= 4 is 11.7 Å². The summed E-state index contributed by atoms with van der Waals surface area (Å²) in [5.74, 6) is 0.0457. The first-order valence-corrected chi connectivity index (χ1v) is 9.75. The van der Waals surface area contributed by atoms with E-state index in [2.05, 4.69) is 4.98 Å². The molecule has 0 saturated carbocycles. The predicted octanol–water partition coefficient (Wildman–Crippen LogP) is 4.98. The quantitative estimate of drug-likeness (QED) is 0.434. The van der Waals surface area contributed by atoms with E-state index in [1.54, 1.807) is 25.1 Å². The van der Waals surface area contributed by atoms with E-state index in [-0.39, 0.29) is 12.2 Å². The average molecular weight is 411 g/mol. The summed E-state index contributed by atoms with van der Waals surface area (Å²) in [7, 11) is 0. The van der Waals surface area contributed by atoms with Crippen molar-refractivity contribution in [3.05, 3.63) is 95.6 Å². The fraction of sp³-hybridized carbons (Fsp3) is 0.0800. The number of aromatic carboxylic acids is 1. The van der Waals surface area contributed by atoms with Crippen molar-refractivity contribution in [2.75, 3.05) is 5.73 Å².